The van der Waals surface area contributed by atoms with Crippen molar-refractivity contribution in [3.63, 3.8) is 0 Å². The van der Waals surface area contributed by atoms with Gasteiger partial charge in [-0.3, -0.25) is 0 Å². The van der Waals surface area contributed by atoms with Crippen LogP contribution in [-0.2, 0) is 0 Å². The molecular formula is C17H23BrS. The molecule has 0 nitrogen and oxygen atoms in total. The second kappa shape index (κ2) is 7.86. The van der Waals surface area contributed by atoms with Gasteiger partial charge in [0.2, 0.25) is 0 Å². The average Bonchev–Trinajstić information content (AvgIpc) is 2.72. The van der Waals surface area contributed by atoms with Crippen LogP contribution in [0.5, 0.6) is 0 Å². The standard InChI is InChI=1S/C9H12.C8H11BrS/c1-8(2)9-6-4-3-5-7-9;1-5(2)7-4-6(3)8(9)10-7/h3-8H,1-2H3;4-5H,1-3H3. The largest absolute Gasteiger partial charge is 0.133 e. The van der Waals surface area contributed by atoms with Crippen LogP contribution in [0.25, 0.3) is 0 Å². The molecule has 0 unspecified atom stereocenters. The van der Waals surface area contributed by atoms with Gasteiger partial charge in [-0.15, -0.1) is 11.3 Å². The lowest BCUT2D eigenvalue weighted by molar-refractivity contribution is 0.867. The molecule has 0 spiro atoms. The predicted octanol–water partition coefficient (Wildman–Crippen LogP) is 6.75. The Morgan fingerprint density at radius 1 is 0.947 bits per heavy atom. The molecule has 0 atom stereocenters. The number of hydrogen-bond donors (Lipinski definition) is 0. The Balaban J connectivity index is 0.000000191. The first-order chi connectivity index (χ1) is 8.91. The highest BCUT2D eigenvalue weighted by Gasteiger charge is 2.04. The van der Waals surface area contributed by atoms with Crippen LogP contribution < -0.4 is 0 Å². The van der Waals surface area contributed by atoms with Gasteiger partial charge in [-0.05, 0) is 51.9 Å². The van der Waals surface area contributed by atoms with Crippen LogP contribution >= 0.6 is 27.3 Å². The van der Waals surface area contributed by atoms with Crippen molar-refractivity contribution in [2.75, 3.05) is 0 Å². The molecule has 0 saturated heterocycles. The summed E-state index contributed by atoms with van der Waals surface area (Å²) in [4.78, 5) is 1.46. The van der Waals surface area contributed by atoms with E-state index in [0.29, 0.717) is 11.8 Å². The quantitative estimate of drug-likeness (QED) is 0.567. The zero-order valence-corrected chi connectivity index (χ0v) is 14.8. The van der Waals surface area contributed by atoms with Crippen LogP contribution in [-0.4, -0.2) is 0 Å². The molecule has 0 fully saturated rings. The van der Waals surface area contributed by atoms with Crippen LogP contribution in [0.1, 0.15) is 55.5 Å². The van der Waals surface area contributed by atoms with Crippen molar-refractivity contribution >= 4 is 27.3 Å². The van der Waals surface area contributed by atoms with E-state index in [1.165, 1.54) is 19.8 Å². The van der Waals surface area contributed by atoms with Crippen molar-refractivity contribution in [3.8, 4) is 0 Å². The summed E-state index contributed by atoms with van der Waals surface area (Å²) >= 11 is 5.34. The first-order valence-corrected chi connectivity index (χ1v) is 8.33. The molecule has 104 valence electrons. The lowest BCUT2D eigenvalue weighted by atomic mass is 10.0. The van der Waals surface area contributed by atoms with Crippen LogP contribution in [0.3, 0.4) is 0 Å². The van der Waals surface area contributed by atoms with Gasteiger partial charge in [0.15, 0.2) is 0 Å². The summed E-state index contributed by atoms with van der Waals surface area (Å²) in [6, 6.07) is 12.8. The molecule has 0 amide bonds. The van der Waals surface area contributed by atoms with Gasteiger partial charge in [-0.25, -0.2) is 0 Å². The molecule has 19 heavy (non-hydrogen) atoms. The minimum absolute atomic E-state index is 0.659. The average molecular weight is 339 g/mol. The molecule has 0 saturated carbocycles. The first-order valence-electron chi connectivity index (χ1n) is 6.72. The topological polar surface area (TPSA) is 0 Å². The second-order valence-electron chi connectivity index (χ2n) is 5.33. The van der Waals surface area contributed by atoms with Gasteiger partial charge in [-0.1, -0.05) is 58.0 Å². The Morgan fingerprint density at radius 3 is 1.79 bits per heavy atom. The highest BCUT2D eigenvalue weighted by molar-refractivity contribution is 9.11. The number of hydrogen-bond acceptors (Lipinski definition) is 1. The number of halogens is 1. The summed E-state index contributed by atoms with van der Waals surface area (Å²) in [6.45, 7) is 11.0. The van der Waals surface area contributed by atoms with Crippen molar-refractivity contribution in [2.45, 2.75) is 46.5 Å². The SMILES string of the molecule is CC(C)c1ccccc1.Cc1cc(C(C)C)sc1Br. The molecule has 1 aromatic heterocycles. The first kappa shape index (κ1) is 16.5. The summed E-state index contributed by atoms with van der Waals surface area (Å²) < 4.78 is 1.27. The van der Waals surface area contributed by atoms with E-state index < -0.39 is 0 Å². The van der Waals surface area contributed by atoms with Crippen molar-refractivity contribution < 1.29 is 0 Å². The maximum Gasteiger partial charge on any atom is 0.0730 e. The Morgan fingerprint density at radius 2 is 1.53 bits per heavy atom. The number of benzene rings is 1. The predicted molar refractivity (Wildman–Crippen MR) is 91.4 cm³/mol. The van der Waals surface area contributed by atoms with Crippen LogP contribution in [0.4, 0.5) is 0 Å². The van der Waals surface area contributed by atoms with Crippen molar-refractivity contribution in [1.82, 2.24) is 0 Å². The van der Waals surface area contributed by atoms with E-state index in [1.54, 1.807) is 0 Å². The van der Waals surface area contributed by atoms with Gasteiger partial charge in [0.05, 0.1) is 3.79 Å². The van der Waals surface area contributed by atoms with Gasteiger partial charge in [0, 0.05) is 4.88 Å². The maximum atomic E-state index is 3.50. The monoisotopic (exact) mass is 338 g/mol. The Kier molecular flexibility index (Phi) is 6.81. The highest BCUT2D eigenvalue weighted by atomic mass is 79.9. The van der Waals surface area contributed by atoms with Gasteiger partial charge < -0.3 is 0 Å². The van der Waals surface area contributed by atoms with E-state index in [2.05, 4.69) is 80.9 Å². The lowest BCUT2D eigenvalue weighted by Crippen LogP contribution is -1.83. The molecular weight excluding hydrogens is 316 g/mol. The van der Waals surface area contributed by atoms with Crippen LogP contribution in [0.15, 0.2) is 40.2 Å². The zero-order valence-electron chi connectivity index (χ0n) is 12.4. The minimum Gasteiger partial charge on any atom is -0.133 e. The second-order valence-corrected chi connectivity index (χ2v) is 7.73. The third-order valence-corrected chi connectivity index (χ3v) is 5.35. The van der Waals surface area contributed by atoms with E-state index in [1.807, 2.05) is 17.4 Å². The number of aryl methyl sites for hydroxylation is 1. The summed E-state index contributed by atoms with van der Waals surface area (Å²) in [5.41, 5.74) is 2.77. The summed E-state index contributed by atoms with van der Waals surface area (Å²) in [7, 11) is 0. The van der Waals surface area contributed by atoms with Gasteiger partial charge in [0.25, 0.3) is 0 Å². The molecule has 2 aromatic rings. The van der Waals surface area contributed by atoms with Crippen molar-refractivity contribution in [2.24, 2.45) is 0 Å². The smallest absolute Gasteiger partial charge is 0.0730 e. The highest BCUT2D eigenvalue weighted by Crippen LogP contribution is 2.31. The number of thiophene rings is 1. The fourth-order valence-electron chi connectivity index (χ4n) is 1.61. The molecule has 1 heterocycles. The minimum atomic E-state index is 0.659. The molecule has 2 rings (SSSR count). The summed E-state index contributed by atoms with van der Waals surface area (Å²) in [6.07, 6.45) is 0. The molecule has 2 heteroatoms. The molecule has 0 aliphatic carbocycles. The fourth-order valence-corrected chi connectivity index (χ4v) is 3.18. The third kappa shape index (κ3) is 5.50. The molecule has 0 radical (unpaired) electrons. The van der Waals surface area contributed by atoms with Crippen LogP contribution in [0.2, 0.25) is 0 Å². The molecule has 0 bridgehead atoms. The normalized spacial score (nSPS) is 10.5. The Labute approximate surface area is 130 Å². The van der Waals surface area contributed by atoms with E-state index >= 15 is 0 Å². The van der Waals surface area contributed by atoms with Gasteiger partial charge >= 0.3 is 0 Å². The van der Waals surface area contributed by atoms with E-state index in [-0.39, 0.29) is 0 Å². The lowest BCUT2D eigenvalue weighted by Gasteiger charge is -2.01. The molecule has 0 aliphatic rings. The maximum absolute atomic E-state index is 3.50. The van der Waals surface area contributed by atoms with Crippen LogP contribution in [0, 0.1) is 6.92 Å². The van der Waals surface area contributed by atoms with E-state index in [9.17, 15) is 0 Å². The summed E-state index contributed by atoms with van der Waals surface area (Å²) in [5, 5.41) is 0. The van der Waals surface area contributed by atoms with Gasteiger partial charge in [-0.2, -0.15) is 0 Å². The van der Waals surface area contributed by atoms with E-state index in [4.69, 9.17) is 0 Å². The molecule has 0 aliphatic heterocycles. The summed E-state index contributed by atoms with van der Waals surface area (Å²) in [5.74, 6) is 1.32. The zero-order chi connectivity index (χ0) is 14.4. The third-order valence-electron chi connectivity index (χ3n) is 2.91. The fraction of sp³-hybridized carbons (Fsp3) is 0.412. The van der Waals surface area contributed by atoms with Gasteiger partial charge in [0.1, 0.15) is 0 Å². The van der Waals surface area contributed by atoms with Crippen molar-refractivity contribution in [1.29, 1.82) is 0 Å². The van der Waals surface area contributed by atoms with Crippen molar-refractivity contribution in [3.05, 3.63) is 56.2 Å². The van der Waals surface area contributed by atoms with E-state index in [0.717, 1.165) is 0 Å². The molecule has 0 N–H and O–H groups in total. The Hall–Kier alpha value is -0.600. The molecule has 1 aromatic carbocycles. The number of rotatable bonds is 2. The Bertz CT molecular complexity index is 464.